The van der Waals surface area contributed by atoms with Gasteiger partial charge in [0.15, 0.2) is 5.13 Å². The average molecular weight is 382 g/mol. The number of nitrogens with zero attached hydrogens (tertiary/aromatic N) is 3. The second kappa shape index (κ2) is 7.25. The van der Waals surface area contributed by atoms with Crippen LogP contribution < -0.4 is 10.1 Å². The summed E-state index contributed by atoms with van der Waals surface area (Å²) in [6, 6.07) is 7.53. The molecule has 2 aromatic heterocycles. The van der Waals surface area contributed by atoms with E-state index in [9.17, 15) is 4.79 Å². The number of aryl methyl sites for hydroxylation is 1. The van der Waals surface area contributed by atoms with Crippen LogP contribution in [0.4, 0.5) is 5.13 Å². The van der Waals surface area contributed by atoms with Gasteiger partial charge in [-0.25, -0.2) is 4.98 Å². The van der Waals surface area contributed by atoms with Crippen molar-refractivity contribution in [1.29, 1.82) is 0 Å². The number of aromatic nitrogens is 2. The largest absolute Gasteiger partial charge is 0.497 e. The molecule has 0 unspecified atom stereocenters. The highest BCUT2D eigenvalue weighted by atomic mass is 32.1. The number of benzene rings is 1. The lowest BCUT2D eigenvalue weighted by molar-refractivity contribution is 0.102. The number of carbonyl (C=O) groups is 1. The fraction of sp³-hybridized carbons (Fsp3) is 0.350. The second-order valence-corrected chi connectivity index (χ2v) is 7.73. The maximum Gasteiger partial charge on any atom is 0.259 e. The lowest BCUT2D eigenvalue weighted by Gasteiger charge is -2.23. The fourth-order valence-electron chi connectivity index (χ4n) is 3.34. The van der Waals surface area contributed by atoms with Crippen LogP contribution in [0.1, 0.15) is 33.5 Å². The van der Waals surface area contributed by atoms with E-state index in [1.54, 1.807) is 18.4 Å². The number of thiazole rings is 1. The van der Waals surface area contributed by atoms with Crippen LogP contribution in [0, 0.1) is 6.92 Å². The van der Waals surface area contributed by atoms with E-state index in [2.05, 4.69) is 27.1 Å². The minimum absolute atomic E-state index is 0.170. The van der Waals surface area contributed by atoms with Crippen molar-refractivity contribution >= 4 is 33.3 Å². The highest BCUT2D eigenvalue weighted by Crippen LogP contribution is 2.29. The van der Waals surface area contributed by atoms with E-state index in [1.807, 2.05) is 31.2 Å². The molecule has 0 radical (unpaired) electrons. The third kappa shape index (κ3) is 3.52. The highest BCUT2D eigenvalue weighted by molar-refractivity contribution is 7.15. The molecule has 1 aromatic carbocycles. The van der Waals surface area contributed by atoms with Crippen molar-refractivity contribution in [3.05, 3.63) is 46.1 Å². The van der Waals surface area contributed by atoms with Gasteiger partial charge in [-0.3, -0.25) is 20.0 Å². The van der Waals surface area contributed by atoms with Gasteiger partial charge in [-0.05, 0) is 31.7 Å². The summed E-state index contributed by atoms with van der Waals surface area (Å²) in [4.78, 5) is 25.6. The Kier molecular flexibility index (Phi) is 4.80. The number of ether oxygens (including phenoxy) is 1. The maximum absolute atomic E-state index is 12.8. The molecule has 0 saturated carbocycles. The molecule has 6 nitrogen and oxygen atoms in total. The SMILES string of the molecule is CCN1CCc2nc(NC(=O)c3cc4ccc(OC)cc4nc3C)sc2C1. The molecule has 7 heteroatoms. The third-order valence-corrected chi connectivity index (χ3v) is 5.94. The number of pyridine rings is 1. The minimum atomic E-state index is -0.170. The van der Waals surface area contributed by atoms with Crippen LogP contribution in [-0.2, 0) is 13.0 Å². The van der Waals surface area contributed by atoms with Gasteiger partial charge in [-0.2, -0.15) is 0 Å². The first-order valence-corrected chi connectivity index (χ1v) is 9.86. The number of amides is 1. The summed E-state index contributed by atoms with van der Waals surface area (Å²) in [6.45, 7) is 6.99. The summed E-state index contributed by atoms with van der Waals surface area (Å²) in [5.41, 5.74) is 3.18. The zero-order chi connectivity index (χ0) is 19.0. The molecule has 1 N–H and O–H groups in total. The standard InChI is InChI=1S/C20H22N4O2S/c1-4-24-8-7-16-18(11-24)27-20(22-16)23-19(25)15-9-13-5-6-14(26-3)10-17(13)21-12(15)2/h5-6,9-10H,4,7-8,11H2,1-3H3,(H,22,23,25). The lowest BCUT2D eigenvalue weighted by Crippen LogP contribution is -2.29. The molecule has 0 saturated heterocycles. The summed E-state index contributed by atoms with van der Waals surface area (Å²) < 4.78 is 5.24. The molecular weight excluding hydrogens is 360 g/mol. The van der Waals surface area contributed by atoms with Gasteiger partial charge in [0.05, 0.1) is 29.6 Å². The van der Waals surface area contributed by atoms with Crippen LogP contribution in [0.15, 0.2) is 24.3 Å². The van der Waals surface area contributed by atoms with E-state index >= 15 is 0 Å². The number of rotatable bonds is 4. The number of fused-ring (bicyclic) bond motifs is 2. The Labute approximate surface area is 162 Å². The molecule has 4 rings (SSSR count). The van der Waals surface area contributed by atoms with E-state index in [4.69, 9.17) is 4.74 Å². The van der Waals surface area contributed by atoms with Gasteiger partial charge in [0.1, 0.15) is 5.75 Å². The Hall–Kier alpha value is -2.51. The summed E-state index contributed by atoms with van der Waals surface area (Å²) in [5, 5.41) is 4.53. The van der Waals surface area contributed by atoms with E-state index in [-0.39, 0.29) is 5.91 Å². The van der Waals surface area contributed by atoms with E-state index in [1.165, 1.54) is 4.88 Å². The topological polar surface area (TPSA) is 67.4 Å². The molecule has 1 aliphatic heterocycles. The van der Waals surface area contributed by atoms with Crippen molar-refractivity contribution in [1.82, 2.24) is 14.9 Å². The van der Waals surface area contributed by atoms with Crippen LogP contribution >= 0.6 is 11.3 Å². The smallest absolute Gasteiger partial charge is 0.259 e. The van der Waals surface area contributed by atoms with Crippen molar-refractivity contribution in [3.8, 4) is 5.75 Å². The van der Waals surface area contributed by atoms with E-state index in [0.717, 1.165) is 48.4 Å². The number of methoxy groups -OCH3 is 1. The van der Waals surface area contributed by atoms with Crippen molar-refractivity contribution in [2.45, 2.75) is 26.8 Å². The quantitative estimate of drug-likeness (QED) is 0.746. The lowest BCUT2D eigenvalue weighted by atomic mass is 10.1. The highest BCUT2D eigenvalue weighted by Gasteiger charge is 2.21. The Morgan fingerprint density at radius 2 is 2.19 bits per heavy atom. The van der Waals surface area contributed by atoms with Crippen LogP contribution in [0.5, 0.6) is 5.75 Å². The maximum atomic E-state index is 12.8. The van der Waals surface area contributed by atoms with E-state index in [0.29, 0.717) is 16.4 Å². The van der Waals surface area contributed by atoms with Crippen LogP contribution in [0.25, 0.3) is 10.9 Å². The number of hydrogen-bond donors (Lipinski definition) is 1. The van der Waals surface area contributed by atoms with Crippen molar-refractivity contribution in [3.63, 3.8) is 0 Å². The van der Waals surface area contributed by atoms with Crippen LogP contribution in [-0.4, -0.2) is 41.0 Å². The third-order valence-electron chi connectivity index (χ3n) is 4.94. The van der Waals surface area contributed by atoms with Gasteiger partial charge in [0.2, 0.25) is 0 Å². The van der Waals surface area contributed by atoms with Gasteiger partial charge < -0.3 is 4.74 Å². The fourth-order valence-corrected chi connectivity index (χ4v) is 4.38. The number of anilines is 1. The molecule has 1 amide bonds. The molecule has 0 bridgehead atoms. The summed E-state index contributed by atoms with van der Waals surface area (Å²) in [5.74, 6) is 0.581. The molecule has 1 aliphatic rings. The molecule has 0 aliphatic carbocycles. The van der Waals surface area contributed by atoms with Gasteiger partial charge in [0.25, 0.3) is 5.91 Å². The molecular formula is C20H22N4O2S. The molecule has 0 fully saturated rings. The average Bonchev–Trinajstić information content (AvgIpc) is 3.07. The Balaban J connectivity index is 1.58. The molecule has 0 atom stereocenters. The van der Waals surface area contributed by atoms with Gasteiger partial charge in [-0.1, -0.05) is 6.92 Å². The number of hydrogen-bond acceptors (Lipinski definition) is 6. The number of nitrogens with one attached hydrogen (secondary N) is 1. The van der Waals surface area contributed by atoms with Crippen LogP contribution in [0.2, 0.25) is 0 Å². The second-order valence-electron chi connectivity index (χ2n) is 6.64. The van der Waals surface area contributed by atoms with Gasteiger partial charge in [-0.15, -0.1) is 11.3 Å². The number of carbonyl (C=O) groups excluding carboxylic acids is 1. The molecule has 3 aromatic rings. The summed E-state index contributed by atoms with van der Waals surface area (Å²) >= 11 is 1.57. The summed E-state index contributed by atoms with van der Waals surface area (Å²) in [7, 11) is 1.63. The Morgan fingerprint density at radius 3 is 2.96 bits per heavy atom. The molecule has 3 heterocycles. The van der Waals surface area contributed by atoms with E-state index < -0.39 is 0 Å². The minimum Gasteiger partial charge on any atom is -0.497 e. The first-order chi connectivity index (χ1) is 13.1. The molecule has 0 spiro atoms. The normalized spacial score (nSPS) is 14.2. The van der Waals surface area contributed by atoms with Gasteiger partial charge in [0, 0.05) is 35.8 Å². The molecule has 140 valence electrons. The first-order valence-electron chi connectivity index (χ1n) is 9.05. The zero-order valence-corrected chi connectivity index (χ0v) is 16.5. The van der Waals surface area contributed by atoms with Crippen LogP contribution in [0.3, 0.4) is 0 Å². The van der Waals surface area contributed by atoms with Gasteiger partial charge >= 0.3 is 0 Å². The van der Waals surface area contributed by atoms with Crippen molar-refractivity contribution in [2.24, 2.45) is 0 Å². The van der Waals surface area contributed by atoms with Crippen molar-refractivity contribution in [2.75, 3.05) is 25.5 Å². The Bertz CT molecular complexity index is 1010. The summed E-state index contributed by atoms with van der Waals surface area (Å²) in [6.07, 6.45) is 0.938. The monoisotopic (exact) mass is 382 g/mol. The van der Waals surface area contributed by atoms with Crippen molar-refractivity contribution < 1.29 is 9.53 Å². The Morgan fingerprint density at radius 1 is 1.33 bits per heavy atom. The predicted octanol–water partition coefficient (Wildman–Crippen LogP) is 3.64. The first kappa shape index (κ1) is 17.9. The molecule has 27 heavy (non-hydrogen) atoms. The number of likely N-dealkylation sites (N-methyl/N-ethyl adjacent to an activating group) is 1. The predicted molar refractivity (Wildman–Crippen MR) is 108 cm³/mol. The zero-order valence-electron chi connectivity index (χ0n) is 15.7.